The second-order valence-corrected chi connectivity index (χ2v) is 9.22. The fourth-order valence-electron chi connectivity index (χ4n) is 5.09. The molecule has 9 nitrogen and oxygen atoms in total. The lowest BCUT2D eigenvalue weighted by atomic mass is 9.82. The number of aliphatic hydroxyl groups excluding tert-OH is 3. The minimum Gasteiger partial charge on any atom is -0.497 e. The maximum atomic E-state index is 13.3. The van der Waals surface area contributed by atoms with Crippen LogP contribution in [0.15, 0.2) is 78.9 Å². The first-order chi connectivity index (χ1) is 17.8. The first kappa shape index (κ1) is 25.1. The van der Waals surface area contributed by atoms with E-state index in [4.69, 9.17) is 9.47 Å². The number of nitrogens with zero attached hydrogens (tertiary/aromatic N) is 1. The number of benzene rings is 3. The maximum absolute atomic E-state index is 13.3. The average Bonchev–Trinajstić information content (AvgIpc) is 3.17. The van der Waals surface area contributed by atoms with E-state index >= 15 is 0 Å². The molecule has 0 bridgehead atoms. The summed E-state index contributed by atoms with van der Waals surface area (Å²) in [5.74, 6) is -3.48. The molecule has 4 N–H and O–H groups in total. The SMILES string of the molecule is COc1ccc([C@]2(O)O[C@H](C(O)Cc3ccccc3)[C@@H](O)[C@H](O)[C@@H]2N2C(=O)c3ccccc3C2=O)cc1. The number of fused-ring (bicyclic) bond motifs is 1. The minimum absolute atomic E-state index is 0.0612. The molecule has 0 aromatic heterocycles. The van der Waals surface area contributed by atoms with Gasteiger partial charge in [-0.15, -0.1) is 0 Å². The third kappa shape index (κ3) is 4.20. The van der Waals surface area contributed by atoms with E-state index in [0.29, 0.717) is 5.75 Å². The minimum atomic E-state index is -2.47. The van der Waals surface area contributed by atoms with Crippen molar-refractivity contribution in [1.82, 2.24) is 4.90 Å². The van der Waals surface area contributed by atoms with Gasteiger partial charge in [-0.2, -0.15) is 0 Å². The van der Waals surface area contributed by atoms with Crippen molar-refractivity contribution < 1.29 is 39.5 Å². The van der Waals surface area contributed by atoms with Crippen LogP contribution in [0.4, 0.5) is 0 Å². The number of ether oxygens (including phenoxy) is 2. The van der Waals surface area contributed by atoms with Crippen LogP contribution in [-0.4, -0.2) is 74.7 Å². The first-order valence-electron chi connectivity index (χ1n) is 11.9. The van der Waals surface area contributed by atoms with Crippen LogP contribution in [0.25, 0.3) is 0 Å². The molecule has 1 saturated heterocycles. The van der Waals surface area contributed by atoms with Crippen molar-refractivity contribution in [2.24, 2.45) is 0 Å². The number of methoxy groups -OCH3 is 1. The van der Waals surface area contributed by atoms with Gasteiger partial charge in [-0.25, -0.2) is 0 Å². The quantitative estimate of drug-likeness (QED) is 0.367. The van der Waals surface area contributed by atoms with Crippen molar-refractivity contribution >= 4 is 11.8 Å². The van der Waals surface area contributed by atoms with Gasteiger partial charge in [0, 0.05) is 12.0 Å². The molecule has 2 aliphatic heterocycles. The molecule has 1 unspecified atom stereocenters. The number of rotatable bonds is 6. The first-order valence-corrected chi connectivity index (χ1v) is 11.9. The summed E-state index contributed by atoms with van der Waals surface area (Å²) >= 11 is 0. The van der Waals surface area contributed by atoms with Crippen molar-refractivity contribution in [2.75, 3.05) is 7.11 Å². The molecule has 0 saturated carbocycles. The zero-order valence-electron chi connectivity index (χ0n) is 20.0. The molecule has 0 radical (unpaired) electrons. The van der Waals surface area contributed by atoms with Gasteiger partial charge in [0.2, 0.25) is 5.79 Å². The van der Waals surface area contributed by atoms with Gasteiger partial charge in [-0.05, 0) is 42.0 Å². The third-order valence-corrected chi connectivity index (χ3v) is 7.00. The van der Waals surface area contributed by atoms with E-state index in [1.54, 1.807) is 48.5 Å². The van der Waals surface area contributed by atoms with E-state index in [-0.39, 0.29) is 23.1 Å². The molecule has 2 aliphatic rings. The van der Waals surface area contributed by atoms with Gasteiger partial charge in [0.05, 0.1) is 24.3 Å². The van der Waals surface area contributed by atoms with E-state index < -0.39 is 48.1 Å². The van der Waals surface area contributed by atoms with Crippen LogP contribution in [0.3, 0.4) is 0 Å². The van der Waals surface area contributed by atoms with Gasteiger partial charge in [0.1, 0.15) is 30.1 Å². The maximum Gasteiger partial charge on any atom is 0.262 e. The summed E-state index contributed by atoms with van der Waals surface area (Å²) in [5, 5.41) is 45.4. The Hall–Kier alpha value is -3.60. The zero-order chi connectivity index (χ0) is 26.3. The molecular formula is C28H27NO8. The monoisotopic (exact) mass is 505 g/mol. The Bertz CT molecular complexity index is 1260. The molecule has 9 heteroatoms. The second kappa shape index (κ2) is 9.70. The predicted octanol–water partition coefficient (Wildman–Crippen LogP) is 1.23. The lowest BCUT2D eigenvalue weighted by Gasteiger charge is -2.51. The van der Waals surface area contributed by atoms with Crippen LogP contribution in [0.5, 0.6) is 5.75 Å². The Morgan fingerprint density at radius 2 is 1.46 bits per heavy atom. The lowest BCUT2D eigenvalue weighted by molar-refractivity contribution is -0.344. The van der Waals surface area contributed by atoms with Crippen LogP contribution in [0, 0.1) is 0 Å². The number of carbonyl (C=O) groups is 2. The van der Waals surface area contributed by atoms with E-state index in [9.17, 15) is 30.0 Å². The summed E-state index contributed by atoms with van der Waals surface area (Å²) in [6.07, 6.45) is -6.30. The van der Waals surface area contributed by atoms with Crippen LogP contribution in [0.2, 0.25) is 0 Å². The summed E-state index contributed by atoms with van der Waals surface area (Å²) in [5.41, 5.74) is 1.06. The fourth-order valence-corrected chi connectivity index (χ4v) is 5.09. The van der Waals surface area contributed by atoms with Gasteiger partial charge in [0.25, 0.3) is 11.8 Å². The molecule has 1 fully saturated rings. The Balaban J connectivity index is 1.57. The standard InChI is InChI=1S/C28H27NO8/c1-36-18-13-11-17(12-14-18)28(35)25(29-26(33)19-9-5-6-10-20(19)27(29)34)23(32)22(31)24(37-28)21(30)15-16-7-3-2-4-8-16/h2-14,21-25,30-32,35H,15H2,1H3/t21?,22-,23-,24+,25-,28-/m0/s1. The van der Waals surface area contributed by atoms with E-state index in [2.05, 4.69) is 0 Å². The number of carbonyl (C=O) groups excluding carboxylic acids is 2. The molecule has 5 rings (SSSR count). The molecule has 3 aromatic rings. The second-order valence-electron chi connectivity index (χ2n) is 9.22. The number of amides is 2. The van der Waals surface area contributed by atoms with Gasteiger partial charge >= 0.3 is 0 Å². The molecule has 3 aromatic carbocycles. The summed E-state index contributed by atoms with van der Waals surface area (Å²) in [7, 11) is 1.47. The fraction of sp³-hybridized carbons (Fsp3) is 0.286. The molecule has 2 heterocycles. The van der Waals surface area contributed by atoms with Crippen LogP contribution < -0.4 is 4.74 Å². The largest absolute Gasteiger partial charge is 0.497 e. The Labute approximate surface area is 213 Å². The topological polar surface area (TPSA) is 137 Å². The summed E-state index contributed by atoms with van der Waals surface area (Å²) in [6, 6.07) is 19.4. The van der Waals surface area contributed by atoms with Crippen LogP contribution in [0.1, 0.15) is 31.8 Å². The van der Waals surface area contributed by atoms with Gasteiger partial charge in [-0.3, -0.25) is 14.5 Å². The van der Waals surface area contributed by atoms with Crippen LogP contribution >= 0.6 is 0 Å². The molecule has 2 amide bonds. The number of hydrogen-bond donors (Lipinski definition) is 4. The molecule has 37 heavy (non-hydrogen) atoms. The smallest absolute Gasteiger partial charge is 0.262 e. The highest BCUT2D eigenvalue weighted by Crippen LogP contribution is 2.43. The Morgan fingerprint density at radius 3 is 2.03 bits per heavy atom. The van der Waals surface area contributed by atoms with Crippen molar-refractivity contribution in [1.29, 1.82) is 0 Å². The van der Waals surface area contributed by atoms with Crippen molar-refractivity contribution in [3.8, 4) is 5.75 Å². The normalized spacial score (nSPS) is 28.2. The zero-order valence-corrected chi connectivity index (χ0v) is 20.0. The van der Waals surface area contributed by atoms with E-state index in [1.807, 2.05) is 6.07 Å². The van der Waals surface area contributed by atoms with Crippen molar-refractivity contribution in [2.45, 2.75) is 42.7 Å². The highest BCUT2D eigenvalue weighted by atomic mass is 16.7. The van der Waals surface area contributed by atoms with E-state index in [0.717, 1.165) is 10.5 Å². The summed E-state index contributed by atoms with van der Waals surface area (Å²) in [6.45, 7) is 0. The number of aliphatic hydroxyl groups is 4. The Kier molecular flexibility index (Phi) is 6.57. The molecule has 0 aliphatic carbocycles. The van der Waals surface area contributed by atoms with Gasteiger partial charge in [0.15, 0.2) is 0 Å². The molecule has 6 atom stereocenters. The predicted molar refractivity (Wildman–Crippen MR) is 131 cm³/mol. The van der Waals surface area contributed by atoms with Gasteiger partial charge < -0.3 is 29.9 Å². The van der Waals surface area contributed by atoms with E-state index in [1.165, 1.54) is 31.4 Å². The van der Waals surface area contributed by atoms with Crippen molar-refractivity contribution in [3.05, 3.63) is 101 Å². The molecular weight excluding hydrogens is 478 g/mol. The summed E-state index contributed by atoms with van der Waals surface area (Å²) < 4.78 is 11.2. The number of hydrogen-bond acceptors (Lipinski definition) is 8. The number of imide groups is 1. The lowest BCUT2D eigenvalue weighted by Crippen LogP contribution is -2.70. The molecule has 192 valence electrons. The van der Waals surface area contributed by atoms with Crippen LogP contribution in [-0.2, 0) is 16.9 Å². The molecule has 0 spiro atoms. The highest BCUT2D eigenvalue weighted by molar-refractivity contribution is 6.21. The highest BCUT2D eigenvalue weighted by Gasteiger charge is 2.61. The summed E-state index contributed by atoms with van der Waals surface area (Å²) in [4.78, 5) is 27.3. The van der Waals surface area contributed by atoms with Gasteiger partial charge in [-0.1, -0.05) is 42.5 Å². The Morgan fingerprint density at radius 1 is 0.892 bits per heavy atom. The average molecular weight is 506 g/mol. The van der Waals surface area contributed by atoms with Crippen molar-refractivity contribution in [3.63, 3.8) is 0 Å². The third-order valence-electron chi connectivity index (χ3n) is 7.00.